The molecule has 1 aromatic rings. The lowest BCUT2D eigenvalue weighted by Crippen LogP contribution is -2.47. The van der Waals surface area contributed by atoms with Crippen molar-refractivity contribution in [2.45, 2.75) is 44.4 Å². The summed E-state index contributed by atoms with van der Waals surface area (Å²) in [6, 6.07) is 6.19. The number of halogens is 4. The molecule has 3 nitrogen and oxygen atoms in total. The summed E-state index contributed by atoms with van der Waals surface area (Å²) in [6.07, 6.45) is -4.38. The highest BCUT2D eigenvalue weighted by Gasteiger charge is 2.40. The molecule has 0 radical (unpaired) electrons. The van der Waals surface area contributed by atoms with Crippen LogP contribution in [0.4, 0.5) is 13.2 Å². The molecule has 2 unspecified atom stereocenters. The Kier molecular flexibility index (Phi) is 8.36. The number of hydrogen-bond acceptors (Lipinski definition) is 2. The van der Waals surface area contributed by atoms with Gasteiger partial charge in [-0.15, -0.1) is 12.4 Å². The first-order valence-electron chi connectivity index (χ1n) is 6.44. The Morgan fingerprint density at radius 3 is 2.33 bits per heavy atom. The molecule has 0 spiro atoms. The molecule has 0 heterocycles. The van der Waals surface area contributed by atoms with Crippen molar-refractivity contribution in [2.75, 3.05) is 0 Å². The summed E-state index contributed by atoms with van der Waals surface area (Å²) in [5, 5.41) is 2.04. The van der Waals surface area contributed by atoms with Crippen LogP contribution in [0.25, 0.3) is 0 Å². The van der Waals surface area contributed by atoms with Crippen molar-refractivity contribution in [1.82, 2.24) is 5.32 Å². The molecule has 7 heteroatoms. The predicted molar refractivity (Wildman–Crippen MR) is 78.3 cm³/mol. The van der Waals surface area contributed by atoms with E-state index in [1.807, 2.05) is 5.32 Å². The molecule has 0 bridgehead atoms. The van der Waals surface area contributed by atoms with Crippen LogP contribution >= 0.6 is 12.4 Å². The summed E-state index contributed by atoms with van der Waals surface area (Å²) in [6.45, 7) is 1.71. The fourth-order valence-electron chi connectivity index (χ4n) is 1.72. The predicted octanol–water partition coefficient (Wildman–Crippen LogP) is 2.83. The summed E-state index contributed by atoms with van der Waals surface area (Å²) < 4.78 is 38.8. The summed E-state index contributed by atoms with van der Waals surface area (Å²) >= 11 is 0. The molecule has 0 aliphatic rings. The van der Waals surface area contributed by atoms with Gasteiger partial charge >= 0.3 is 6.18 Å². The molecule has 2 atom stereocenters. The van der Waals surface area contributed by atoms with Gasteiger partial charge in [0, 0.05) is 18.9 Å². The molecular formula is C14H20ClF3N2O. The van der Waals surface area contributed by atoms with Gasteiger partial charge in [-0.3, -0.25) is 4.79 Å². The monoisotopic (exact) mass is 324 g/mol. The van der Waals surface area contributed by atoms with Crippen molar-refractivity contribution >= 4 is 18.3 Å². The molecule has 1 aromatic carbocycles. The Balaban J connectivity index is 0.00000400. The zero-order chi connectivity index (χ0) is 15.2. The lowest BCUT2D eigenvalue weighted by atomic mass is 10.1. The number of rotatable bonds is 6. The van der Waals surface area contributed by atoms with E-state index in [2.05, 4.69) is 0 Å². The number of carbonyl (C=O) groups excluding carboxylic acids is 1. The van der Waals surface area contributed by atoms with Crippen LogP contribution in [0.5, 0.6) is 0 Å². The van der Waals surface area contributed by atoms with Crippen molar-refractivity contribution in [3.63, 3.8) is 0 Å². The molecule has 21 heavy (non-hydrogen) atoms. The Morgan fingerprint density at radius 1 is 1.29 bits per heavy atom. The Hall–Kier alpha value is -1.27. The van der Waals surface area contributed by atoms with E-state index in [0.29, 0.717) is 12.0 Å². The first-order valence-corrected chi connectivity index (χ1v) is 6.44. The van der Waals surface area contributed by atoms with Crippen molar-refractivity contribution in [1.29, 1.82) is 0 Å². The minimum atomic E-state index is -4.47. The topological polar surface area (TPSA) is 55.1 Å². The number of alkyl halides is 3. The maximum atomic E-state index is 12.9. The minimum absolute atomic E-state index is 0. The van der Waals surface area contributed by atoms with Gasteiger partial charge in [0.1, 0.15) is 6.04 Å². The van der Waals surface area contributed by atoms with Gasteiger partial charge in [0.15, 0.2) is 0 Å². The SMILES string of the molecule is CC(N)CCC(=O)NC(Cc1ccccc1)C(F)(F)F.Cl. The molecule has 0 saturated heterocycles. The van der Waals surface area contributed by atoms with Gasteiger partial charge in [0.25, 0.3) is 0 Å². The fraction of sp³-hybridized carbons (Fsp3) is 0.500. The van der Waals surface area contributed by atoms with Crippen molar-refractivity contribution in [3.05, 3.63) is 35.9 Å². The highest BCUT2D eigenvalue weighted by molar-refractivity contribution is 5.85. The molecule has 0 aromatic heterocycles. The lowest BCUT2D eigenvalue weighted by molar-refractivity contribution is -0.161. The van der Waals surface area contributed by atoms with Gasteiger partial charge in [-0.05, 0) is 18.9 Å². The second kappa shape index (κ2) is 8.89. The number of amides is 1. The molecular weight excluding hydrogens is 305 g/mol. The molecule has 0 aliphatic heterocycles. The Labute approximate surface area is 128 Å². The first kappa shape index (κ1) is 19.7. The van der Waals surface area contributed by atoms with E-state index < -0.39 is 18.1 Å². The lowest BCUT2D eigenvalue weighted by Gasteiger charge is -2.22. The second-order valence-corrected chi connectivity index (χ2v) is 4.87. The van der Waals surface area contributed by atoms with E-state index in [0.717, 1.165) is 0 Å². The van der Waals surface area contributed by atoms with E-state index in [9.17, 15) is 18.0 Å². The average molecular weight is 325 g/mol. The fourth-order valence-corrected chi connectivity index (χ4v) is 1.72. The maximum absolute atomic E-state index is 12.9. The van der Waals surface area contributed by atoms with Crippen LogP contribution in [0, 0.1) is 0 Å². The van der Waals surface area contributed by atoms with Gasteiger partial charge in [-0.1, -0.05) is 30.3 Å². The highest BCUT2D eigenvalue weighted by atomic mass is 35.5. The number of hydrogen-bond donors (Lipinski definition) is 2. The highest BCUT2D eigenvalue weighted by Crippen LogP contribution is 2.23. The number of nitrogens with two attached hydrogens (primary N) is 1. The van der Waals surface area contributed by atoms with E-state index in [1.54, 1.807) is 37.3 Å². The molecule has 0 saturated carbocycles. The summed E-state index contributed by atoms with van der Waals surface area (Å²) in [7, 11) is 0. The zero-order valence-electron chi connectivity index (χ0n) is 11.7. The van der Waals surface area contributed by atoms with Crippen molar-refractivity contribution in [3.8, 4) is 0 Å². The first-order chi connectivity index (χ1) is 9.29. The third-order valence-electron chi connectivity index (χ3n) is 2.84. The van der Waals surface area contributed by atoms with E-state index >= 15 is 0 Å². The molecule has 0 aliphatic carbocycles. The van der Waals surface area contributed by atoms with E-state index in [-0.39, 0.29) is 31.3 Å². The third-order valence-corrected chi connectivity index (χ3v) is 2.84. The van der Waals surface area contributed by atoms with Crippen LogP contribution in [0.15, 0.2) is 30.3 Å². The number of carbonyl (C=O) groups is 1. The molecule has 1 rings (SSSR count). The smallest absolute Gasteiger partial charge is 0.344 e. The normalized spacial score (nSPS) is 14.0. The van der Waals surface area contributed by atoms with Gasteiger partial charge in [0.2, 0.25) is 5.91 Å². The molecule has 1 amide bonds. The molecule has 120 valence electrons. The maximum Gasteiger partial charge on any atom is 0.408 e. The summed E-state index contributed by atoms with van der Waals surface area (Å²) in [5.41, 5.74) is 6.01. The van der Waals surface area contributed by atoms with Crippen LogP contribution in [0.3, 0.4) is 0 Å². The van der Waals surface area contributed by atoms with Crippen LogP contribution in [-0.4, -0.2) is 24.2 Å². The van der Waals surface area contributed by atoms with Crippen molar-refractivity contribution in [2.24, 2.45) is 5.73 Å². The Morgan fingerprint density at radius 2 is 1.86 bits per heavy atom. The number of benzene rings is 1. The van der Waals surface area contributed by atoms with Crippen LogP contribution < -0.4 is 11.1 Å². The summed E-state index contributed by atoms with van der Waals surface area (Å²) in [5.74, 6) is -0.624. The molecule has 3 N–H and O–H groups in total. The minimum Gasteiger partial charge on any atom is -0.344 e. The Bertz CT molecular complexity index is 424. The van der Waals surface area contributed by atoms with Crippen LogP contribution in [0.2, 0.25) is 0 Å². The van der Waals surface area contributed by atoms with Gasteiger partial charge in [-0.2, -0.15) is 13.2 Å². The third kappa shape index (κ3) is 7.92. The van der Waals surface area contributed by atoms with Crippen molar-refractivity contribution < 1.29 is 18.0 Å². The standard InChI is InChI=1S/C14H19F3N2O.ClH/c1-10(18)7-8-13(20)19-12(14(15,16)17)9-11-5-3-2-4-6-11;/h2-6,10,12H,7-9,18H2,1H3,(H,19,20);1H. The average Bonchev–Trinajstić information content (AvgIpc) is 2.36. The van der Waals surface area contributed by atoms with Gasteiger partial charge in [0.05, 0.1) is 0 Å². The molecule has 0 fully saturated rings. The van der Waals surface area contributed by atoms with E-state index in [4.69, 9.17) is 5.73 Å². The van der Waals surface area contributed by atoms with Crippen LogP contribution in [0.1, 0.15) is 25.3 Å². The van der Waals surface area contributed by atoms with Gasteiger partial charge < -0.3 is 11.1 Å². The van der Waals surface area contributed by atoms with Crippen LogP contribution in [-0.2, 0) is 11.2 Å². The summed E-state index contributed by atoms with van der Waals surface area (Å²) in [4.78, 5) is 11.5. The quantitative estimate of drug-likeness (QED) is 0.845. The van der Waals surface area contributed by atoms with Gasteiger partial charge in [-0.25, -0.2) is 0 Å². The largest absolute Gasteiger partial charge is 0.408 e. The second-order valence-electron chi connectivity index (χ2n) is 4.87. The van der Waals surface area contributed by atoms with E-state index in [1.165, 1.54) is 0 Å². The zero-order valence-corrected chi connectivity index (χ0v) is 12.5. The number of nitrogens with one attached hydrogen (secondary N) is 1.